The number of rotatable bonds is 3. The van der Waals surface area contributed by atoms with Gasteiger partial charge in [0.1, 0.15) is 0 Å². The maximum Gasteiger partial charge on any atom is 0.252 e. The number of nitrogens with zero attached hydrogens (tertiary/aromatic N) is 1. The van der Waals surface area contributed by atoms with Gasteiger partial charge >= 0.3 is 0 Å². The summed E-state index contributed by atoms with van der Waals surface area (Å²) >= 11 is 0. The van der Waals surface area contributed by atoms with E-state index in [-0.39, 0.29) is 11.4 Å². The number of carbonyl (C=O) groups is 1. The van der Waals surface area contributed by atoms with Gasteiger partial charge in [-0.3, -0.25) is 9.78 Å². The lowest BCUT2D eigenvalue weighted by Crippen LogP contribution is -2.51. The third kappa shape index (κ3) is 3.27. The third-order valence-corrected chi connectivity index (χ3v) is 3.37. The minimum atomic E-state index is -0.212. The van der Waals surface area contributed by atoms with Crippen LogP contribution in [0.25, 0.3) is 0 Å². The minimum Gasteiger partial charge on any atom is -0.350 e. The van der Waals surface area contributed by atoms with Crippen LogP contribution in [0.5, 0.6) is 0 Å². The largest absolute Gasteiger partial charge is 0.350 e. The SMILES string of the molecule is NC1(CNC(=O)c2cccnc2)CCCCC1. The molecule has 0 saturated heterocycles. The highest BCUT2D eigenvalue weighted by molar-refractivity contribution is 5.93. The monoisotopic (exact) mass is 233 g/mol. The molecule has 1 saturated carbocycles. The average molecular weight is 233 g/mol. The number of pyridine rings is 1. The standard InChI is InChI=1S/C13H19N3O/c14-13(6-2-1-3-7-13)10-16-12(17)11-5-4-8-15-9-11/h4-5,8-9H,1-3,6-7,10,14H2,(H,16,17). The molecule has 0 radical (unpaired) electrons. The van der Waals surface area contributed by atoms with Crippen LogP contribution in [0.1, 0.15) is 42.5 Å². The number of hydrogen-bond acceptors (Lipinski definition) is 3. The molecule has 1 aliphatic rings. The first-order chi connectivity index (χ1) is 8.20. The van der Waals surface area contributed by atoms with E-state index < -0.39 is 0 Å². The fourth-order valence-electron chi connectivity index (χ4n) is 2.29. The Hall–Kier alpha value is -1.42. The molecule has 0 aromatic carbocycles. The lowest BCUT2D eigenvalue weighted by atomic mass is 9.82. The second-order valence-corrected chi connectivity index (χ2v) is 4.85. The van der Waals surface area contributed by atoms with Crippen LogP contribution in [0.3, 0.4) is 0 Å². The maximum absolute atomic E-state index is 11.8. The molecule has 4 heteroatoms. The first kappa shape index (κ1) is 12.0. The van der Waals surface area contributed by atoms with Gasteiger partial charge < -0.3 is 11.1 Å². The van der Waals surface area contributed by atoms with E-state index in [9.17, 15) is 4.79 Å². The highest BCUT2D eigenvalue weighted by Crippen LogP contribution is 2.25. The van der Waals surface area contributed by atoms with Gasteiger partial charge in [0.2, 0.25) is 0 Å². The fraction of sp³-hybridized carbons (Fsp3) is 0.538. The topological polar surface area (TPSA) is 68.0 Å². The Kier molecular flexibility index (Phi) is 3.74. The number of hydrogen-bond donors (Lipinski definition) is 2. The van der Waals surface area contributed by atoms with Crippen LogP contribution in [0.2, 0.25) is 0 Å². The lowest BCUT2D eigenvalue weighted by molar-refractivity contribution is 0.0937. The first-order valence-corrected chi connectivity index (χ1v) is 6.17. The van der Waals surface area contributed by atoms with Crippen LogP contribution in [0, 0.1) is 0 Å². The summed E-state index contributed by atoms with van der Waals surface area (Å²) in [6, 6.07) is 3.51. The molecule has 0 bridgehead atoms. The Bertz CT molecular complexity index is 372. The zero-order valence-electron chi connectivity index (χ0n) is 9.98. The van der Waals surface area contributed by atoms with Crippen molar-refractivity contribution in [3.8, 4) is 0 Å². The van der Waals surface area contributed by atoms with Gasteiger partial charge in [0, 0.05) is 24.5 Å². The van der Waals surface area contributed by atoms with E-state index in [1.807, 2.05) is 0 Å². The molecule has 92 valence electrons. The average Bonchev–Trinajstić information content (AvgIpc) is 2.38. The molecule has 2 rings (SSSR count). The smallest absolute Gasteiger partial charge is 0.252 e. The first-order valence-electron chi connectivity index (χ1n) is 6.17. The summed E-state index contributed by atoms with van der Waals surface area (Å²) in [5.41, 5.74) is 6.63. The summed E-state index contributed by atoms with van der Waals surface area (Å²) < 4.78 is 0. The summed E-state index contributed by atoms with van der Waals surface area (Å²) in [5.74, 6) is -0.0894. The molecule has 0 spiro atoms. The Labute approximate surface area is 102 Å². The molecule has 0 unspecified atom stereocenters. The highest BCUT2D eigenvalue weighted by atomic mass is 16.1. The van der Waals surface area contributed by atoms with Gasteiger partial charge in [-0.05, 0) is 25.0 Å². The molecule has 1 aromatic heterocycles. The predicted molar refractivity (Wildman–Crippen MR) is 66.6 cm³/mol. The number of aromatic nitrogens is 1. The van der Waals surface area contributed by atoms with Crippen LogP contribution in [-0.2, 0) is 0 Å². The van der Waals surface area contributed by atoms with E-state index in [1.54, 1.807) is 24.5 Å². The third-order valence-electron chi connectivity index (χ3n) is 3.37. The van der Waals surface area contributed by atoms with Gasteiger partial charge in [0.05, 0.1) is 5.56 Å². The lowest BCUT2D eigenvalue weighted by Gasteiger charge is -2.33. The zero-order chi connectivity index (χ0) is 12.1. The van der Waals surface area contributed by atoms with E-state index in [0.29, 0.717) is 12.1 Å². The van der Waals surface area contributed by atoms with Gasteiger partial charge in [-0.15, -0.1) is 0 Å². The van der Waals surface area contributed by atoms with Crippen molar-refractivity contribution in [2.75, 3.05) is 6.54 Å². The highest BCUT2D eigenvalue weighted by Gasteiger charge is 2.27. The van der Waals surface area contributed by atoms with Crippen LogP contribution in [0.4, 0.5) is 0 Å². The number of amides is 1. The van der Waals surface area contributed by atoms with E-state index in [2.05, 4.69) is 10.3 Å². The second-order valence-electron chi connectivity index (χ2n) is 4.85. The van der Waals surface area contributed by atoms with E-state index in [4.69, 9.17) is 5.73 Å². The second kappa shape index (κ2) is 5.27. The van der Waals surface area contributed by atoms with E-state index in [0.717, 1.165) is 12.8 Å². The summed E-state index contributed by atoms with van der Waals surface area (Å²) in [7, 11) is 0. The van der Waals surface area contributed by atoms with Gasteiger partial charge in [-0.1, -0.05) is 19.3 Å². The Balaban J connectivity index is 1.87. The summed E-state index contributed by atoms with van der Waals surface area (Å²) in [6.07, 6.45) is 8.82. The summed E-state index contributed by atoms with van der Waals surface area (Å²) in [6.45, 7) is 0.556. The number of nitrogens with one attached hydrogen (secondary N) is 1. The van der Waals surface area contributed by atoms with Crippen molar-refractivity contribution in [3.05, 3.63) is 30.1 Å². The van der Waals surface area contributed by atoms with Gasteiger partial charge in [-0.2, -0.15) is 0 Å². The minimum absolute atomic E-state index is 0.0894. The molecular formula is C13H19N3O. The molecular weight excluding hydrogens is 214 g/mol. The quantitative estimate of drug-likeness (QED) is 0.830. The van der Waals surface area contributed by atoms with Crippen molar-refractivity contribution in [2.45, 2.75) is 37.6 Å². The van der Waals surface area contributed by atoms with Gasteiger partial charge in [-0.25, -0.2) is 0 Å². The van der Waals surface area contributed by atoms with Gasteiger partial charge in [0.15, 0.2) is 0 Å². The molecule has 4 nitrogen and oxygen atoms in total. The van der Waals surface area contributed by atoms with Crippen molar-refractivity contribution in [2.24, 2.45) is 5.73 Å². The molecule has 1 aliphatic carbocycles. The zero-order valence-corrected chi connectivity index (χ0v) is 9.98. The van der Waals surface area contributed by atoms with Crippen LogP contribution >= 0.6 is 0 Å². The molecule has 3 N–H and O–H groups in total. The molecule has 0 atom stereocenters. The van der Waals surface area contributed by atoms with Crippen LogP contribution < -0.4 is 11.1 Å². The molecule has 1 aromatic rings. The van der Waals surface area contributed by atoms with Crippen molar-refractivity contribution >= 4 is 5.91 Å². The van der Waals surface area contributed by atoms with Crippen molar-refractivity contribution < 1.29 is 4.79 Å². The van der Waals surface area contributed by atoms with Crippen LogP contribution in [-0.4, -0.2) is 23.0 Å². The number of carbonyl (C=O) groups excluding carboxylic acids is 1. The molecule has 1 heterocycles. The Morgan fingerprint density at radius 1 is 1.41 bits per heavy atom. The Morgan fingerprint density at radius 3 is 2.82 bits per heavy atom. The number of nitrogens with two attached hydrogens (primary N) is 1. The van der Waals surface area contributed by atoms with Gasteiger partial charge in [0.25, 0.3) is 5.91 Å². The molecule has 0 aliphatic heterocycles. The van der Waals surface area contributed by atoms with Crippen molar-refractivity contribution in [1.29, 1.82) is 0 Å². The molecule has 17 heavy (non-hydrogen) atoms. The molecule has 1 fully saturated rings. The predicted octanol–water partition coefficient (Wildman–Crippen LogP) is 1.47. The van der Waals surface area contributed by atoms with E-state index in [1.165, 1.54) is 19.3 Å². The normalized spacial score (nSPS) is 18.6. The summed E-state index contributed by atoms with van der Waals surface area (Å²) in [4.78, 5) is 15.7. The maximum atomic E-state index is 11.8. The van der Waals surface area contributed by atoms with E-state index >= 15 is 0 Å². The van der Waals surface area contributed by atoms with Crippen molar-refractivity contribution in [3.63, 3.8) is 0 Å². The fourth-order valence-corrected chi connectivity index (χ4v) is 2.29. The van der Waals surface area contributed by atoms with Crippen molar-refractivity contribution in [1.82, 2.24) is 10.3 Å². The molecule has 1 amide bonds. The summed E-state index contributed by atoms with van der Waals surface area (Å²) in [5, 5.41) is 2.91. The van der Waals surface area contributed by atoms with Crippen LogP contribution in [0.15, 0.2) is 24.5 Å². The Morgan fingerprint density at radius 2 is 2.18 bits per heavy atom.